The van der Waals surface area contributed by atoms with Gasteiger partial charge in [0.1, 0.15) is 0 Å². The van der Waals surface area contributed by atoms with E-state index in [0.717, 1.165) is 31.6 Å². The molecule has 0 aromatic rings. The van der Waals surface area contributed by atoms with E-state index in [1.54, 1.807) is 0 Å². The zero-order valence-electron chi connectivity index (χ0n) is 11.5. The number of carbonyl (C=O) groups is 1. The predicted octanol–water partition coefficient (Wildman–Crippen LogP) is 2.76. The Morgan fingerprint density at radius 2 is 1.88 bits per heavy atom. The van der Waals surface area contributed by atoms with Crippen molar-refractivity contribution in [3.05, 3.63) is 0 Å². The number of esters is 1. The molecule has 1 aliphatic carbocycles. The molecule has 1 aliphatic rings. The van der Waals surface area contributed by atoms with E-state index in [-0.39, 0.29) is 11.8 Å². The summed E-state index contributed by atoms with van der Waals surface area (Å²) in [4.78, 5) is 11.9. The summed E-state index contributed by atoms with van der Waals surface area (Å²) < 4.78 is 4.79. The van der Waals surface area contributed by atoms with Crippen LogP contribution in [0.5, 0.6) is 0 Å². The Balaban J connectivity index is 2.76. The van der Waals surface area contributed by atoms with Gasteiger partial charge in [-0.2, -0.15) is 0 Å². The Morgan fingerprint density at radius 3 is 2.24 bits per heavy atom. The van der Waals surface area contributed by atoms with Gasteiger partial charge >= 0.3 is 5.97 Å². The molecule has 0 aliphatic heterocycles. The van der Waals surface area contributed by atoms with E-state index >= 15 is 0 Å². The van der Waals surface area contributed by atoms with Crippen LogP contribution in [0, 0.1) is 17.8 Å². The summed E-state index contributed by atoms with van der Waals surface area (Å²) in [5.41, 5.74) is -1.30. The molecule has 1 atom stereocenters. The molecule has 0 spiro atoms. The Labute approximate surface area is 105 Å². The molecule has 0 heterocycles. The van der Waals surface area contributed by atoms with Crippen molar-refractivity contribution in [3.8, 4) is 0 Å². The molecule has 1 unspecified atom stereocenters. The maximum atomic E-state index is 11.9. The molecule has 0 aromatic carbocycles. The van der Waals surface area contributed by atoms with Crippen molar-refractivity contribution >= 4 is 5.97 Å². The molecule has 0 saturated heterocycles. The molecule has 1 saturated carbocycles. The third-order valence-corrected chi connectivity index (χ3v) is 4.44. The molecule has 1 fully saturated rings. The number of hydrogen-bond donors (Lipinski definition) is 1. The van der Waals surface area contributed by atoms with Crippen molar-refractivity contribution in [2.45, 2.75) is 58.5 Å². The largest absolute Gasteiger partial charge is 0.467 e. The first-order valence-corrected chi connectivity index (χ1v) is 6.77. The van der Waals surface area contributed by atoms with Crippen molar-refractivity contribution in [2.75, 3.05) is 7.11 Å². The molecule has 0 amide bonds. The van der Waals surface area contributed by atoms with Gasteiger partial charge in [0.05, 0.1) is 7.11 Å². The van der Waals surface area contributed by atoms with Gasteiger partial charge in [-0.3, -0.25) is 0 Å². The minimum atomic E-state index is -1.30. The second kappa shape index (κ2) is 5.85. The summed E-state index contributed by atoms with van der Waals surface area (Å²) in [6.45, 7) is 5.99. The summed E-state index contributed by atoms with van der Waals surface area (Å²) in [6, 6.07) is 0. The molecular weight excluding hydrogens is 216 g/mol. The monoisotopic (exact) mass is 242 g/mol. The topological polar surface area (TPSA) is 46.5 Å². The van der Waals surface area contributed by atoms with E-state index in [4.69, 9.17) is 4.74 Å². The average Bonchev–Trinajstić information content (AvgIpc) is 2.36. The Morgan fingerprint density at radius 1 is 1.35 bits per heavy atom. The van der Waals surface area contributed by atoms with Crippen LogP contribution in [0.25, 0.3) is 0 Å². The lowest BCUT2D eigenvalue weighted by Gasteiger charge is -2.40. The van der Waals surface area contributed by atoms with Crippen LogP contribution in [0.2, 0.25) is 0 Å². The maximum absolute atomic E-state index is 11.9. The lowest BCUT2D eigenvalue weighted by atomic mass is 9.69. The number of hydrogen-bond acceptors (Lipinski definition) is 3. The van der Waals surface area contributed by atoms with Gasteiger partial charge in [-0.15, -0.1) is 0 Å². The van der Waals surface area contributed by atoms with E-state index in [0.29, 0.717) is 0 Å². The molecule has 100 valence electrons. The SMILES string of the molecule is CCC1CCC(C(O)(C(=O)OC)C(C)C)CC1. The van der Waals surface area contributed by atoms with Crippen LogP contribution in [0.15, 0.2) is 0 Å². The number of rotatable bonds is 4. The molecule has 1 rings (SSSR count). The van der Waals surface area contributed by atoms with E-state index < -0.39 is 11.6 Å². The standard InChI is InChI=1S/C14H26O3/c1-5-11-6-8-12(9-7-11)14(16,10(2)3)13(15)17-4/h10-12,16H,5-9H2,1-4H3. The van der Waals surface area contributed by atoms with Crippen LogP contribution in [0.4, 0.5) is 0 Å². The van der Waals surface area contributed by atoms with Crippen LogP contribution in [-0.2, 0) is 9.53 Å². The fourth-order valence-electron chi connectivity index (χ4n) is 3.05. The summed E-state index contributed by atoms with van der Waals surface area (Å²) in [6.07, 6.45) is 5.30. The summed E-state index contributed by atoms with van der Waals surface area (Å²) in [7, 11) is 1.35. The Kier molecular flexibility index (Phi) is 4.99. The zero-order chi connectivity index (χ0) is 13.1. The Hall–Kier alpha value is -0.570. The van der Waals surface area contributed by atoms with Crippen molar-refractivity contribution in [3.63, 3.8) is 0 Å². The molecule has 3 heteroatoms. The van der Waals surface area contributed by atoms with Crippen molar-refractivity contribution in [2.24, 2.45) is 17.8 Å². The van der Waals surface area contributed by atoms with Crippen molar-refractivity contribution in [1.82, 2.24) is 0 Å². The molecule has 1 N–H and O–H groups in total. The second-order valence-electron chi connectivity index (χ2n) is 5.60. The first-order chi connectivity index (χ1) is 7.96. The summed E-state index contributed by atoms with van der Waals surface area (Å²) in [5.74, 6) is 0.253. The average molecular weight is 242 g/mol. The molecule has 17 heavy (non-hydrogen) atoms. The summed E-state index contributed by atoms with van der Waals surface area (Å²) >= 11 is 0. The van der Waals surface area contributed by atoms with Gasteiger partial charge in [0, 0.05) is 0 Å². The van der Waals surface area contributed by atoms with Crippen LogP contribution < -0.4 is 0 Å². The number of carbonyl (C=O) groups excluding carboxylic acids is 1. The minimum absolute atomic E-state index is 0.0535. The number of ether oxygens (including phenoxy) is 1. The van der Waals surface area contributed by atoms with Crippen LogP contribution in [-0.4, -0.2) is 23.8 Å². The van der Waals surface area contributed by atoms with Gasteiger partial charge in [0.15, 0.2) is 5.60 Å². The quantitative estimate of drug-likeness (QED) is 0.771. The predicted molar refractivity (Wildman–Crippen MR) is 67.5 cm³/mol. The Bertz CT molecular complexity index is 254. The van der Waals surface area contributed by atoms with E-state index in [1.807, 2.05) is 13.8 Å². The number of aliphatic hydroxyl groups is 1. The third-order valence-electron chi connectivity index (χ3n) is 4.44. The van der Waals surface area contributed by atoms with Crippen molar-refractivity contribution in [1.29, 1.82) is 0 Å². The van der Waals surface area contributed by atoms with E-state index in [9.17, 15) is 9.90 Å². The van der Waals surface area contributed by atoms with Gasteiger partial charge in [-0.25, -0.2) is 4.79 Å². The van der Waals surface area contributed by atoms with Gasteiger partial charge in [-0.05, 0) is 30.6 Å². The minimum Gasteiger partial charge on any atom is -0.467 e. The highest BCUT2D eigenvalue weighted by Gasteiger charge is 2.48. The highest BCUT2D eigenvalue weighted by Crippen LogP contribution is 2.40. The second-order valence-corrected chi connectivity index (χ2v) is 5.60. The highest BCUT2D eigenvalue weighted by molar-refractivity contribution is 5.80. The van der Waals surface area contributed by atoms with Gasteiger partial charge in [0.2, 0.25) is 0 Å². The van der Waals surface area contributed by atoms with Gasteiger partial charge < -0.3 is 9.84 Å². The number of methoxy groups -OCH3 is 1. The van der Waals surface area contributed by atoms with Gasteiger partial charge in [-0.1, -0.05) is 40.0 Å². The van der Waals surface area contributed by atoms with Crippen LogP contribution in [0.1, 0.15) is 52.9 Å². The first-order valence-electron chi connectivity index (χ1n) is 6.77. The molecular formula is C14H26O3. The third kappa shape index (κ3) is 2.82. The molecule has 0 aromatic heterocycles. The van der Waals surface area contributed by atoms with Gasteiger partial charge in [0.25, 0.3) is 0 Å². The fraction of sp³-hybridized carbons (Fsp3) is 0.929. The fourth-order valence-corrected chi connectivity index (χ4v) is 3.05. The zero-order valence-corrected chi connectivity index (χ0v) is 11.5. The summed E-state index contributed by atoms with van der Waals surface area (Å²) in [5, 5.41) is 10.7. The smallest absolute Gasteiger partial charge is 0.338 e. The normalized spacial score (nSPS) is 28.8. The molecule has 0 bridgehead atoms. The highest BCUT2D eigenvalue weighted by atomic mass is 16.5. The first kappa shape index (κ1) is 14.5. The lowest BCUT2D eigenvalue weighted by molar-refractivity contribution is -0.178. The van der Waals surface area contributed by atoms with E-state index in [2.05, 4.69) is 6.92 Å². The van der Waals surface area contributed by atoms with Crippen molar-refractivity contribution < 1.29 is 14.6 Å². The molecule has 0 radical (unpaired) electrons. The van der Waals surface area contributed by atoms with E-state index in [1.165, 1.54) is 13.5 Å². The lowest BCUT2D eigenvalue weighted by Crippen LogP contribution is -2.52. The van der Waals surface area contributed by atoms with Crippen LogP contribution in [0.3, 0.4) is 0 Å². The molecule has 3 nitrogen and oxygen atoms in total. The maximum Gasteiger partial charge on any atom is 0.338 e. The van der Waals surface area contributed by atoms with Crippen LogP contribution >= 0.6 is 0 Å².